The fourth-order valence-corrected chi connectivity index (χ4v) is 2.54. The van der Waals surface area contributed by atoms with Gasteiger partial charge in [-0.3, -0.25) is 4.79 Å². The first-order chi connectivity index (χ1) is 11.9. The zero-order valence-corrected chi connectivity index (χ0v) is 13.1. The molecule has 0 aliphatic carbocycles. The summed E-state index contributed by atoms with van der Waals surface area (Å²) >= 11 is 0.732. The fraction of sp³-hybridized carbons (Fsp3) is 0. The van der Waals surface area contributed by atoms with Crippen LogP contribution in [0.2, 0.25) is 0 Å². The molecule has 0 atom stereocenters. The molecule has 0 saturated carbocycles. The van der Waals surface area contributed by atoms with Gasteiger partial charge in [0.25, 0.3) is 5.91 Å². The van der Waals surface area contributed by atoms with Gasteiger partial charge >= 0.3 is 0 Å². The van der Waals surface area contributed by atoms with Crippen LogP contribution in [0.5, 0.6) is 5.06 Å². The van der Waals surface area contributed by atoms with E-state index >= 15 is 0 Å². The van der Waals surface area contributed by atoms with E-state index in [2.05, 4.69) is 14.7 Å². The molecular weight excluding hydrogens is 357 g/mol. The number of rotatable bonds is 3. The number of nitrogens with zero attached hydrogens (tertiary/aromatic N) is 2. The molecule has 0 saturated heterocycles. The summed E-state index contributed by atoms with van der Waals surface area (Å²) in [6.45, 7) is 0. The number of carbonyl (C=O) groups excluding carboxylic acids is 1. The Morgan fingerprint density at radius 2 is 1.88 bits per heavy atom. The normalized spacial score (nSPS) is 10.7. The third kappa shape index (κ3) is 3.11. The summed E-state index contributed by atoms with van der Waals surface area (Å²) < 4.78 is 45.6. The molecule has 2 heterocycles. The maximum atomic E-state index is 14.1. The average molecular weight is 366 g/mol. The van der Waals surface area contributed by atoms with Crippen LogP contribution >= 0.6 is 11.5 Å². The van der Waals surface area contributed by atoms with Crippen molar-refractivity contribution >= 4 is 28.8 Å². The van der Waals surface area contributed by atoms with E-state index in [1.807, 2.05) is 0 Å². The maximum Gasteiger partial charge on any atom is 0.276 e. The van der Waals surface area contributed by atoms with Gasteiger partial charge in [0.15, 0.2) is 11.5 Å². The Hall–Kier alpha value is -3.14. The second-order valence-corrected chi connectivity index (χ2v) is 5.63. The van der Waals surface area contributed by atoms with Crippen LogP contribution in [0.1, 0.15) is 10.5 Å². The van der Waals surface area contributed by atoms with Gasteiger partial charge in [-0.1, -0.05) is 6.07 Å². The van der Waals surface area contributed by atoms with E-state index in [0.717, 1.165) is 35.8 Å². The van der Waals surface area contributed by atoms with E-state index in [1.165, 1.54) is 6.20 Å². The topological polar surface area (TPSA) is 101 Å². The monoisotopic (exact) mass is 366 g/mol. The molecule has 0 fully saturated rings. The number of hydrogen-bond donors (Lipinski definition) is 3. The summed E-state index contributed by atoms with van der Waals surface area (Å²) in [5, 5.41) is 11.5. The van der Waals surface area contributed by atoms with Crippen molar-refractivity contribution in [2.45, 2.75) is 0 Å². The molecule has 6 nitrogen and oxygen atoms in total. The molecule has 0 aliphatic heterocycles. The van der Waals surface area contributed by atoms with Gasteiger partial charge in [0.05, 0.1) is 17.4 Å². The highest BCUT2D eigenvalue weighted by atomic mass is 32.1. The number of aromatic nitrogens is 2. The second-order valence-electron chi connectivity index (χ2n) is 4.85. The van der Waals surface area contributed by atoms with Crippen LogP contribution in [0, 0.1) is 17.5 Å². The maximum absolute atomic E-state index is 14.1. The predicted octanol–water partition coefficient (Wildman–Crippen LogP) is 3.16. The SMILES string of the molecule is Nc1cc(F)c(-c2c(F)cccc2F)nc1C(=O)Nc1cnsc1O. The van der Waals surface area contributed by atoms with E-state index in [1.54, 1.807) is 0 Å². The molecule has 10 heteroatoms. The summed E-state index contributed by atoms with van der Waals surface area (Å²) in [6, 6.07) is 3.73. The van der Waals surface area contributed by atoms with Gasteiger partial charge in [-0.25, -0.2) is 18.2 Å². The summed E-state index contributed by atoms with van der Waals surface area (Å²) in [4.78, 5) is 15.9. The standard InChI is InChI=1S/C15H9F3N4O2S/c16-6-2-1-3-7(17)11(6)12-8(18)4-9(19)13(22-12)14(23)21-10-5-20-25-15(10)24/h1-5,24H,19H2,(H,21,23). The predicted molar refractivity (Wildman–Crippen MR) is 85.7 cm³/mol. The number of nitrogens with one attached hydrogen (secondary N) is 1. The summed E-state index contributed by atoms with van der Waals surface area (Å²) in [7, 11) is 0. The number of nitrogens with two attached hydrogens (primary N) is 1. The molecular formula is C15H9F3N4O2S. The van der Waals surface area contributed by atoms with E-state index in [9.17, 15) is 23.1 Å². The largest absolute Gasteiger partial charge is 0.497 e. The number of anilines is 2. The zero-order chi connectivity index (χ0) is 18.1. The molecule has 0 spiro atoms. The lowest BCUT2D eigenvalue weighted by Crippen LogP contribution is -2.17. The number of nitrogen functional groups attached to an aromatic ring is 1. The molecule has 0 aliphatic rings. The van der Waals surface area contributed by atoms with Crippen molar-refractivity contribution in [1.29, 1.82) is 0 Å². The van der Waals surface area contributed by atoms with Gasteiger partial charge in [0.2, 0.25) is 5.06 Å². The van der Waals surface area contributed by atoms with Crippen LogP contribution < -0.4 is 11.1 Å². The molecule has 0 bridgehead atoms. The Bertz CT molecular complexity index is 957. The number of benzene rings is 1. The van der Waals surface area contributed by atoms with Crippen LogP contribution in [0.3, 0.4) is 0 Å². The third-order valence-electron chi connectivity index (χ3n) is 3.22. The molecule has 4 N–H and O–H groups in total. The molecule has 1 aromatic carbocycles. The highest BCUT2D eigenvalue weighted by Gasteiger charge is 2.22. The molecule has 0 unspecified atom stereocenters. The molecule has 3 rings (SSSR count). The van der Waals surface area contributed by atoms with Crippen molar-refractivity contribution in [2.75, 3.05) is 11.1 Å². The minimum Gasteiger partial charge on any atom is -0.497 e. The van der Waals surface area contributed by atoms with Crippen molar-refractivity contribution in [3.63, 3.8) is 0 Å². The number of pyridine rings is 1. The summed E-state index contributed by atoms with van der Waals surface area (Å²) in [5.41, 5.74) is 3.39. The van der Waals surface area contributed by atoms with Crippen LogP contribution in [-0.4, -0.2) is 20.4 Å². The molecule has 25 heavy (non-hydrogen) atoms. The minimum atomic E-state index is -1.09. The number of hydrogen-bond acceptors (Lipinski definition) is 6. The number of carbonyl (C=O) groups is 1. The lowest BCUT2D eigenvalue weighted by Gasteiger charge is -2.10. The van der Waals surface area contributed by atoms with Gasteiger partial charge in [-0.2, -0.15) is 4.37 Å². The van der Waals surface area contributed by atoms with Crippen LogP contribution in [0.4, 0.5) is 24.5 Å². The van der Waals surface area contributed by atoms with Crippen molar-refractivity contribution in [1.82, 2.24) is 9.36 Å². The van der Waals surface area contributed by atoms with E-state index in [-0.39, 0.29) is 16.4 Å². The van der Waals surface area contributed by atoms with Crippen LogP contribution in [-0.2, 0) is 0 Å². The Morgan fingerprint density at radius 1 is 1.20 bits per heavy atom. The van der Waals surface area contributed by atoms with E-state index < -0.39 is 40.3 Å². The molecule has 128 valence electrons. The van der Waals surface area contributed by atoms with E-state index in [4.69, 9.17) is 5.73 Å². The van der Waals surface area contributed by atoms with Crippen molar-refractivity contribution in [2.24, 2.45) is 0 Å². The Labute approximate surface area is 142 Å². The molecule has 1 amide bonds. The second kappa shape index (κ2) is 6.40. The smallest absolute Gasteiger partial charge is 0.276 e. The first-order valence-electron chi connectivity index (χ1n) is 6.74. The lowest BCUT2D eigenvalue weighted by molar-refractivity contribution is 0.102. The summed E-state index contributed by atoms with van der Waals surface area (Å²) in [5.74, 6) is -4.06. The van der Waals surface area contributed by atoms with Gasteiger partial charge < -0.3 is 16.2 Å². The van der Waals surface area contributed by atoms with Crippen molar-refractivity contribution in [3.8, 4) is 16.3 Å². The van der Waals surface area contributed by atoms with Gasteiger partial charge in [-0.05, 0) is 12.1 Å². The lowest BCUT2D eigenvalue weighted by atomic mass is 10.1. The van der Waals surface area contributed by atoms with Crippen LogP contribution in [0.15, 0.2) is 30.5 Å². The number of amides is 1. The Balaban J connectivity index is 2.07. The van der Waals surface area contributed by atoms with Crippen LogP contribution in [0.25, 0.3) is 11.3 Å². The summed E-state index contributed by atoms with van der Waals surface area (Å²) in [6.07, 6.45) is 1.19. The Morgan fingerprint density at radius 3 is 2.48 bits per heavy atom. The third-order valence-corrected chi connectivity index (χ3v) is 3.82. The highest BCUT2D eigenvalue weighted by Crippen LogP contribution is 2.30. The van der Waals surface area contributed by atoms with Gasteiger partial charge in [-0.15, -0.1) is 0 Å². The first kappa shape index (κ1) is 16.7. The molecule has 2 aromatic heterocycles. The number of aromatic hydroxyl groups is 1. The Kier molecular flexibility index (Phi) is 4.28. The quantitative estimate of drug-likeness (QED) is 0.661. The van der Waals surface area contributed by atoms with E-state index in [0.29, 0.717) is 0 Å². The fourth-order valence-electron chi connectivity index (χ4n) is 2.08. The van der Waals surface area contributed by atoms with Gasteiger partial charge in [0.1, 0.15) is 23.0 Å². The van der Waals surface area contributed by atoms with Gasteiger partial charge in [0, 0.05) is 17.6 Å². The molecule has 3 aromatic rings. The zero-order valence-electron chi connectivity index (χ0n) is 12.3. The molecule has 0 radical (unpaired) electrons. The van der Waals surface area contributed by atoms with Crippen molar-refractivity contribution < 1.29 is 23.1 Å². The highest BCUT2D eigenvalue weighted by molar-refractivity contribution is 7.08. The number of halogens is 3. The van der Waals surface area contributed by atoms with Crippen molar-refractivity contribution in [3.05, 3.63) is 53.6 Å². The first-order valence-corrected chi connectivity index (χ1v) is 7.51. The minimum absolute atomic E-state index is 0.000790. The average Bonchev–Trinajstić information content (AvgIpc) is 2.94.